The zero-order valence-corrected chi connectivity index (χ0v) is 12.2. The van der Waals surface area contributed by atoms with Crippen LogP contribution in [0.3, 0.4) is 0 Å². The Morgan fingerprint density at radius 2 is 2.19 bits per heavy atom. The summed E-state index contributed by atoms with van der Waals surface area (Å²) in [6.45, 7) is -0.365. The smallest absolute Gasteiger partial charge is 0.325 e. The SMILES string of the molecule is O=C(O)Cn1nnnc1SC1CS(=O)(=O)c2ccccc21. The fourth-order valence-electron chi connectivity index (χ4n) is 2.14. The summed E-state index contributed by atoms with van der Waals surface area (Å²) in [5.74, 6) is -1.11. The van der Waals surface area contributed by atoms with Crippen LogP contribution in [-0.4, -0.2) is 45.5 Å². The first-order chi connectivity index (χ1) is 9.97. The summed E-state index contributed by atoms with van der Waals surface area (Å²) in [7, 11) is -3.31. The van der Waals surface area contributed by atoms with Gasteiger partial charge in [-0.05, 0) is 22.1 Å². The molecule has 1 aromatic heterocycles. The molecule has 2 heterocycles. The molecule has 0 saturated carbocycles. The molecule has 3 rings (SSSR count). The highest BCUT2D eigenvalue weighted by molar-refractivity contribution is 8.01. The largest absolute Gasteiger partial charge is 0.480 e. The number of benzene rings is 1. The average molecular weight is 326 g/mol. The second-order valence-corrected chi connectivity index (χ2v) is 7.61. The standard InChI is InChI=1S/C11H10N4O4S2/c16-10(17)5-15-11(12-13-14-15)20-8-6-21(18,19)9-4-2-1-3-7(8)9/h1-4,8H,5-6H2,(H,16,17). The number of hydrogen-bond donors (Lipinski definition) is 1. The van der Waals surface area contributed by atoms with Crippen molar-refractivity contribution in [3.63, 3.8) is 0 Å². The number of aromatic nitrogens is 4. The average Bonchev–Trinajstić information content (AvgIpc) is 2.94. The summed E-state index contributed by atoms with van der Waals surface area (Å²) in [6, 6.07) is 6.78. The monoisotopic (exact) mass is 326 g/mol. The van der Waals surface area contributed by atoms with Crippen molar-refractivity contribution in [2.24, 2.45) is 0 Å². The molecule has 1 N–H and O–H groups in total. The van der Waals surface area contributed by atoms with E-state index in [-0.39, 0.29) is 22.7 Å². The van der Waals surface area contributed by atoms with E-state index in [2.05, 4.69) is 15.5 Å². The quantitative estimate of drug-likeness (QED) is 0.857. The van der Waals surface area contributed by atoms with E-state index in [1.54, 1.807) is 24.3 Å². The van der Waals surface area contributed by atoms with Gasteiger partial charge in [0, 0.05) is 0 Å². The molecule has 1 aliphatic heterocycles. The van der Waals surface area contributed by atoms with Gasteiger partial charge in [-0.2, -0.15) is 0 Å². The third kappa shape index (κ3) is 2.63. The normalized spacial score (nSPS) is 19.3. The summed E-state index contributed by atoms with van der Waals surface area (Å²) in [4.78, 5) is 11.1. The van der Waals surface area contributed by atoms with Gasteiger partial charge < -0.3 is 5.11 Å². The molecule has 0 spiro atoms. The maximum Gasteiger partial charge on any atom is 0.325 e. The van der Waals surface area contributed by atoms with Crippen LogP contribution in [-0.2, 0) is 21.2 Å². The van der Waals surface area contributed by atoms with E-state index in [0.29, 0.717) is 10.5 Å². The van der Waals surface area contributed by atoms with Crippen molar-refractivity contribution in [2.75, 3.05) is 5.75 Å². The summed E-state index contributed by atoms with van der Waals surface area (Å²) >= 11 is 1.16. The first kappa shape index (κ1) is 14.0. The van der Waals surface area contributed by atoms with Crippen molar-refractivity contribution in [3.8, 4) is 0 Å². The van der Waals surface area contributed by atoms with Gasteiger partial charge in [0.05, 0.1) is 15.9 Å². The molecule has 8 nitrogen and oxygen atoms in total. The first-order valence-corrected chi connectivity index (χ1v) is 8.47. The van der Waals surface area contributed by atoms with Crippen LogP contribution in [0.1, 0.15) is 10.8 Å². The van der Waals surface area contributed by atoms with Crippen molar-refractivity contribution >= 4 is 27.6 Å². The summed E-state index contributed by atoms with van der Waals surface area (Å²) in [5, 5.41) is 19.5. The van der Waals surface area contributed by atoms with E-state index in [9.17, 15) is 13.2 Å². The minimum atomic E-state index is -3.31. The number of thioether (sulfide) groups is 1. The van der Waals surface area contributed by atoms with Gasteiger partial charge in [-0.3, -0.25) is 4.79 Å². The lowest BCUT2D eigenvalue weighted by Crippen LogP contribution is -2.12. The molecule has 0 amide bonds. The Hall–Kier alpha value is -1.94. The van der Waals surface area contributed by atoms with Gasteiger partial charge in [-0.25, -0.2) is 13.1 Å². The highest BCUT2D eigenvalue weighted by Crippen LogP contribution is 2.43. The molecular formula is C11H10N4O4S2. The van der Waals surface area contributed by atoms with Crippen LogP contribution in [0.2, 0.25) is 0 Å². The number of hydrogen-bond acceptors (Lipinski definition) is 7. The lowest BCUT2D eigenvalue weighted by atomic mass is 10.2. The number of sulfone groups is 1. The van der Waals surface area contributed by atoms with E-state index in [1.807, 2.05) is 0 Å². The third-order valence-electron chi connectivity index (χ3n) is 3.00. The molecule has 2 aromatic rings. The number of carboxylic acids is 1. The van der Waals surface area contributed by atoms with Crippen molar-refractivity contribution in [3.05, 3.63) is 29.8 Å². The Morgan fingerprint density at radius 1 is 1.43 bits per heavy atom. The second kappa shape index (κ2) is 5.11. The molecule has 1 aromatic carbocycles. The first-order valence-electron chi connectivity index (χ1n) is 5.93. The van der Waals surface area contributed by atoms with Crippen molar-refractivity contribution in [1.29, 1.82) is 0 Å². The molecule has 110 valence electrons. The minimum Gasteiger partial charge on any atom is -0.480 e. The van der Waals surface area contributed by atoms with Gasteiger partial charge in [0.15, 0.2) is 9.84 Å². The van der Waals surface area contributed by atoms with Crippen LogP contribution in [0.25, 0.3) is 0 Å². The van der Waals surface area contributed by atoms with Crippen LogP contribution in [0, 0.1) is 0 Å². The van der Waals surface area contributed by atoms with Crippen LogP contribution < -0.4 is 0 Å². The van der Waals surface area contributed by atoms with Crippen molar-refractivity contribution in [1.82, 2.24) is 20.2 Å². The Bertz CT molecular complexity index is 802. The highest BCUT2D eigenvalue weighted by atomic mass is 32.2. The van der Waals surface area contributed by atoms with Crippen LogP contribution in [0.5, 0.6) is 0 Å². The van der Waals surface area contributed by atoms with E-state index in [1.165, 1.54) is 0 Å². The minimum absolute atomic E-state index is 0.0447. The summed E-state index contributed by atoms with van der Waals surface area (Å²) in [5.41, 5.74) is 0.701. The lowest BCUT2D eigenvalue weighted by molar-refractivity contribution is -0.138. The second-order valence-electron chi connectivity index (χ2n) is 4.44. The molecular weight excluding hydrogens is 316 g/mol. The fourth-order valence-corrected chi connectivity index (χ4v) is 5.53. The number of carboxylic acid groups (broad SMARTS) is 1. The molecule has 0 aliphatic carbocycles. The Morgan fingerprint density at radius 3 is 2.95 bits per heavy atom. The predicted molar refractivity (Wildman–Crippen MR) is 72.5 cm³/mol. The highest BCUT2D eigenvalue weighted by Gasteiger charge is 2.36. The van der Waals surface area contributed by atoms with Crippen molar-refractivity contribution < 1.29 is 18.3 Å². The fraction of sp³-hybridized carbons (Fsp3) is 0.273. The maximum atomic E-state index is 12.1. The maximum absolute atomic E-state index is 12.1. The number of rotatable bonds is 4. The summed E-state index contributed by atoms with van der Waals surface area (Å²) < 4.78 is 25.3. The number of tetrazole rings is 1. The molecule has 10 heteroatoms. The van der Waals surface area contributed by atoms with Gasteiger partial charge in [0.1, 0.15) is 6.54 Å². The van der Waals surface area contributed by atoms with Crippen LogP contribution in [0.15, 0.2) is 34.3 Å². The molecule has 0 bridgehead atoms. The molecule has 1 atom stereocenters. The third-order valence-corrected chi connectivity index (χ3v) is 6.24. The zero-order chi connectivity index (χ0) is 15.0. The zero-order valence-electron chi connectivity index (χ0n) is 10.6. The van der Waals surface area contributed by atoms with Gasteiger partial charge in [0.2, 0.25) is 5.16 Å². The van der Waals surface area contributed by atoms with E-state index >= 15 is 0 Å². The Labute approximate surface area is 124 Å². The number of fused-ring (bicyclic) bond motifs is 1. The van der Waals surface area contributed by atoms with Gasteiger partial charge in [-0.15, -0.1) is 5.10 Å². The number of carbonyl (C=O) groups is 1. The van der Waals surface area contributed by atoms with Gasteiger partial charge in [-0.1, -0.05) is 30.0 Å². The molecule has 0 fully saturated rings. The Kier molecular flexibility index (Phi) is 3.41. The van der Waals surface area contributed by atoms with Gasteiger partial charge >= 0.3 is 5.97 Å². The lowest BCUT2D eigenvalue weighted by Gasteiger charge is -2.08. The molecule has 1 aliphatic rings. The summed E-state index contributed by atoms with van der Waals surface area (Å²) in [6.07, 6.45) is 0. The van der Waals surface area contributed by atoms with Gasteiger partial charge in [0.25, 0.3) is 0 Å². The van der Waals surface area contributed by atoms with E-state index < -0.39 is 15.8 Å². The predicted octanol–water partition coefficient (Wildman–Crippen LogP) is 0.378. The van der Waals surface area contributed by atoms with Crippen molar-refractivity contribution in [2.45, 2.75) is 21.8 Å². The molecule has 1 unspecified atom stereocenters. The number of nitrogens with zero attached hydrogens (tertiary/aromatic N) is 4. The Balaban J connectivity index is 1.91. The van der Waals surface area contributed by atoms with Crippen LogP contribution >= 0.6 is 11.8 Å². The van der Waals surface area contributed by atoms with E-state index in [0.717, 1.165) is 16.4 Å². The molecule has 21 heavy (non-hydrogen) atoms. The molecule has 0 saturated heterocycles. The van der Waals surface area contributed by atoms with E-state index in [4.69, 9.17) is 5.11 Å². The number of aliphatic carboxylic acids is 1. The van der Waals surface area contributed by atoms with Crippen LogP contribution in [0.4, 0.5) is 0 Å². The molecule has 0 radical (unpaired) electrons. The topological polar surface area (TPSA) is 115 Å².